The maximum absolute atomic E-state index is 12.7. The molecular weight excluding hydrogens is 310 g/mol. The van der Waals surface area contributed by atoms with Crippen LogP contribution in [-0.2, 0) is 0 Å². The first-order valence-corrected chi connectivity index (χ1v) is 8.30. The van der Waals surface area contributed by atoms with Crippen LogP contribution in [0, 0.1) is 13.8 Å². The summed E-state index contributed by atoms with van der Waals surface area (Å²) in [5.41, 5.74) is 2.51. The normalized spacial score (nSPS) is 11.2. The summed E-state index contributed by atoms with van der Waals surface area (Å²) in [7, 11) is 0. The van der Waals surface area contributed by atoms with Gasteiger partial charge in [-0.05, 0) is 33.8 Å². The summed E-state index contributed by atoms with van der Waals surface area (Å²) in [5, 5.41) is 9.98. The zero-order valence-corrected chi connectivity index (χ0v) is 14.4. The summed E-state index contributed by atoms with van der Waals surface area (Å²) in [6.45, 7) is 7.96. The minimum Gasteiger partial charge on any atom is -0.307 e. The van der Waals surface area contributed by atoms with Gasteiger partial charge in [-0.2, -0.15) is 5.10 Å². The number of carbonyl (C=O) groups is 1. The molecule has 0 saturated carbocycles. The van der Waals surface area contributed by atoms with Gasteiger partial charge < -0.3 is 5.32 Å². The Labute approximate surface area is 138 Å². The molecule has 0 aromatic carbocycles. The SMILES string of the molecule is Cc1cc(C(=O)Nc2ccnn2C(C)C)c(C)n1-c1nccs1. The molecule has 3 aromatic heterocycles. The summed E-state index contributed by atoms with van der Waals surface area (Å²) in [5.74, 6) is 0.562. The van der Waals surface area contributed by atoms with E-state index in [-0.39, 0.29) is 11.9 Å². The third kappa shape index (κ3) is 2.79. The molecule has 7 heteroatoms. The Kier molecular flexibility index (Phi) is 4.04. The van der Waals surface area contributed by atoms with E-state index in [1.165, 1.54) is 0 Å². The standard InChI is InChI=1S/C16H19N5OS/c1-10(2)21-14(5-6-18-21)19-15(22)13-9-11(3)20(12(13)4)16-17-7-8-23-16/h5-10H,1-4H3,(H,19,22). The van der Waals surface area contributed by atoms with Gasteiger partial charge in [0, 0.05) is 35.1 Å². The molecule has 0 spiro atoms. The molecule has 0 bridgehead atoms. The second-order valence-electron chi connectivity index (χ2n) is 5.64. The Bertz CT molecular complexity index is 829. The number of nitrogens with zero attached hydrogens (tertiary/aromatic N) is 4. The van der Waals surface area contributed by atoms with Crippen LogP contribution in [0.25, 0.3) is 5.13 Å². The number of rotatable bonds is 4. The fourth-order valence-corrected chi connectivity index (χ4v) is 3.37. The lowest BCUT2D eigenvalue weighted by Gasteiger charge is -2.12. The van der Waals surface area contributed by atoms with Crippen molar-refractivity contribution in [2.45, 2.75) is 33.7 Å². The Morgan fingerprint density at radius 2 is 2.09 bits per heavy atom. The van der Waals surface area contributed by atoms with Gasteiger partial charge in [0.15, 0.2) is 5.13 Å². The number of aromatic nitrogens is 4. The summed E-state index contributed by atoms with van der Waals surface area (Å²) in [6, 6.07) is 3.88. The molecule has 0 aliphatic carbocycles. The predicted molar refractivity (Wildman–Crippen MR) is 91.5 cm³/mol. The number of amides is 1. The lowest BCUT2D eigenvalue weighted by molar-refractivity contribution is 0.102. The van der Waals surface area contributed by atoms with E-state index < -0.39 is 0 Å². The maximum atomic E-state index is 12.7. The number of anilines is 1. The van der Waals surface area contributed by atoms with Gasteiger partial charge in [0.25, 0.3) is 5.91 Å². The molecule has 120 valence electrons. The molecule has 0 unspecified atom stereocenters. The number of thiazole rings is 1. The van der Waals surface area contributed by atoms with Gasteiger partial charge in [0.1, 0.15) is 5.82 Å². The second-order valence-corrected chi connectivity index (χ2v) is 6.52. The molecule has 0 saturated heterocycles. The fraction of sp³-hybridized carbons (Fsp3) is 0.312. The van der Waals surface area contributed by atoms with Gasteiger partial charge >= 0.3 is 0 Å². The highest BCUT2D eigenvalue weighted by molar-refractivity contribution is 7.12. The predicted octanol–water partition coefficient (Wildman–Crippen LogP) is 3.58. The smallest absolute Gasteiger partial charge is 0.258 e. The second kappa shape index (κ2) is 6.00. The quantitative estimate of drug-likeness (QED) is 0.795. The fourth-order valence-electron chi connectivity index (χ4n) is 2.62. The Balaban J connectivity index is 1.92. The molecule has 0 atom stereocenters. The van der Waals surface area contributed by atoms with Gasteiger partial charge in [-0.15, -0.1) is 11.3 Å². The van der Waals surface area contributed by atoms with Crippen molar-refractivity contribution in [2.75, 3.05) is 5.32 Å². The van der Waals surface area contributed by atoms with Crippen LogP contribution in [-0.4, -0.2) is 25.2 Å². The summed E-state index contributed by atoms with van der Waals surface area (Å²) < 4.78 is 3.79. The van der Waals surface area contributed by atoms with E-state index in [0.29, 0.717) is 11.4 Å². The van der Waals surface area contributed by atoms with Crippen molar-refractivity contribution < 1.29 is 4.79 Å². The van der Waals surface area contributed by atoms with Crippen molar-refractivity contribution in [3.8, 4) is 5.13 Å². The van der Waals surface area contributed by atoms with Crippen molar-refractivity contribution >= 4 is 23.1 Å². The maximum Gasteiger partial charge on any atom is 0.258 e. The molecule has 1 N–H and O–H groups in total. The summed E-state index contributed by atoms with van der Waals surface area (Å²) in [4.78, 5) is 17.0. The number of carbonyl (C=O) groups excluding carboxylic acids is 1. The van der Waals surface area contributed by atoms with Crippen molar-refractivity contribution in [2.24, 2.45) is 0 Å². The Morgan fingerprint density at radius 3 is 2.74 bits per heavy atom. The molecule has 0 aliphatic heterocycles. The third-order valence-electron chi connectivity index (χ3n) is 3.69. The van der Waals surface area contributed by atoms with E-state index in [1.807, 2.05) is 43.7 Å². The highest BCUT2D eigenvalue weighted by Gasteiger charge is 2.19. The van der Waals surface area contributed by atoms with E-state index in [0.717, 1.165) is 16.5 Å². The van der Waals surface area contributed by atoms with Gasteiger partial charge in [-0.25, -0.2) is 9.67 Å². The van der Waals surface area contributed by atoms with Crippen molar-refractivity contribution in [3.63, 3.8) is 0 Å². The molecule has 6 nitrogen and oxygen atoms in total. The number of nitrogens with one attached hydrogen (secondary N) is 1. The van der Waals surface area contributed by atoms with Gasteiger partial charge in [0.05, 0.1) is 11.8 Å². The van der Waals surface area contributed by atoms with E-state index >= 15 is 0 Å². The van der Waals surface area contributed by atoms with Gasteiger partial charge in [-0.3, -0.25) is 9.36 Å². The highest BCUT2D eigenvalue weighted by atomic mass is 32.1. The van der Waals surface area contributed by atoms with E-state index in [1.54, 1.807) is 34.5 Å². The lowest BCUT2D eigenvalue weighted by Crippen LogP contribution is -2.17. The molecule has 23 heavy (non-hydrogen) atoms. The number of hydrogen-bond donors (Lipinski definition) is 1. The van der Waals surface area contributed by atoms with E-state index in [9.17, 15) is 4.79 Å². The van der Waals surface area contributed by atoms with Crippen LogP contribution in [0.5, 0.6) is 0 Å². The average Bonchev–Trinajstić information content (AvgIpc) is 3.19. The summed E-state index contributed by atoms with van der Waals surface area (Å²) >= 11 is 1.55. The zero-order valence-electron chi connectivity index (χ0n) is 13.6. The largest absolute Gasteiger partial charge is 0.307 e. The van der Waals surface area contributed by atoms with Gasteiger partial charge in [-0.1, -0.05) is 0 Å². The van der Waals surface area contributed by atoms with E-state index in [2.05, 4.69) is 15.4 Å². The minimum absolute atomic E-state index is 0.136. The minimum atomic E-state index is -0.136. The Morgan fingerprint density at radius 1 is 1.30 bits per heavy atom. The molecular formula is C16H19N5OS. The summed E-state index contributed by atoms with van der Waals surface area (Å²) in [6.07, 6.45) is 3.45. The molecule has 0 radical (unpaired) electrons. The van der Waals surface area contributed by atoms with Crippen LogP contribution in [0.15, 0.2) is 29.9 Å². The number of hydrogen-bond acceptors (Lipinski definition) is 4. The highest BCUT2D eigenvalue weighted by Crippen LogP contribution is 2.23. The average molecular weight is 329 g/mol. The molecule has 3 aromatic rings. The van der Waals surface area contributed by atoms with Crippen LogP contribution in [0.2, 0.25) is 0 Å². The van der Waals surface area contributed by atoms with E-state index in [4.69, 9.17) is 0 Å². The molecule has 0 aliphatic rings. The Hall–Kier alpha value is -2.41. The molecule has 3 rings (SSSR count). The number of aryl methyl sites for hydroxylation is 1. The zero-order chi connectivity index (χ0) is 16.6. The van der Waals surface area contributed by atoms with Crippen molar-refractivity contribution in [3.05, 3.63) is 46.9 Å². The van der Waals surface area contributed by atoms with Crippen LogP contribution in [0.3, 0.4) is 0 Å². The van der Waals surface area contributed by atoms with Crippen LogP contribution in [0.4, 0.5) is 5.82 Å². The van der Waals surface area contributed by atoms with Crippen molar-refractivity contribution in [1.82, 2.24) is 19.3 Å². The molecule has 0 fully saturated rings. The topological polar surface area (TPSA) is 64.7 Å². The van der Waals surface area contributed by atoms with Crippen LogP contribution < -0.4 is 5.32 Å². The van der Waals surface area contributed by atoms with Crippen LogP contribution in [0.1, 0.15) is 41.6 Å². The first-order valence-electron chi connectivity index (χ1n) is 7.42. The first-order chi connectivity index (χ1) is 11.0. The molecule has 3 heterocycles. The molecule has 1 amide bonds. The van der Waals surface area contributed by atoms with Crippen molar-refractivity contribution in [1.29, 1.82) is 0 Å². The van der Waals surface area contributed by atoms with Crippen LogP contribution >= 0.6 is 11.3 Å². The van der Waals surface area contributed by atoms with Gasteiger partial charge in [0.2, 0.25) is 0 Å². The first kappa shape index (κ1) is 15.5. The lowest BCUT2D eigenvalue weighted by atomic mass is 10.2. The third-order valence-corrected chi connectivity index (χ3v) is 4.44. The monoisotopic (exact) mass is 329 g/mol.